The van der Waals surface area contributed by atoms with Crippen molar-refractivity contribution in [2.24, 2.45) is 0 Å². The molecule has 2 rings (SSSR count). The fourth-order valence-corrected chi connectivity index (χ4v) is 1.70. The first-order chi connectivity index (χ1) is 8.55. The molecule has 0 spiro atoms. The number of pyridine rings is 1. The highest BCUT2D eigenvalue weighted by atomic mass is 16.5. The van der Waals surface area contributed by atoms with Crippen LogP contribution in [0.4, 0.5) is 0 Å². The van der Waals surface area contributed by atoms with Crippen LogP contribution in [0.1, 0.15) is 31.9 Å². The molecule has 0 radical (unpaired) electrons. The summed E-state index contributed by atoms with van der Waals surface area (Å²) in [5, 5.41) is 0. The number of aromatic nitrogens is 1. The molecule has 0 saturated heterocycles. The number of rotatable bonds is 3. The summed E-state index contributed by atoms with van der Waals surface area (Å²) in [7, 11) is 0. The van der Waals surface area contributed by atoms with Gasteiger partial charge in [0.1, 0.15) is 12.4 Å². The van der Waals surface area contributed by atoms with Crippen molar-refractivity contribution in [3.05, 3.63) is 59.9 Å². The smallest absolute Gasteiger partial charge is 0.122 e. The minimum absolute atomic E-state index is 0.199. The van der Waals surface area contributed by atoms with Crippen molar-refractivity contribution in [1.82, 2.24) is 4.98 Å². The first kappa shape index (κ1) is 12.6. The van der Waals surface area contributed by atoms with Crippen molar-refractivity contribution in [3.8, 4) is 5.75 Å². The van der Waals surface area contributed by atoms with Crippen LogP contribution < -0.4 is 4.74 Å². The van der Waals surface area contributed by atoms with Crippen molar-refractivity contribution in [1.29, 1.82) is 0 Å². The Balaban J connectivity index is 1.99. The molecule has 1 heterocycles. The Labute approximate surface area is 109 Å². The Morgan fingerprint density at radius 1 is 0.944 bits per heavy atom. The van der Waals surface area contributed by atoms with E-state index in [4.69, 9.17) is 4.74 Å². The maximum atomic E-state index is 5.68. The maximum absolute atomic E-state index is 5.68. The normalized spacial score (nSPS) is 11.3. The molecule has 18 heavy (non-hydrogen) atoms. The minimum Gasteiger partial charge on any atom is -0.489 e. The predicted octanol–water partition coefficient (Wildman–Crippen LogP) is 3.96. The molecular formula is C16H19NO. The molecule has 0 saturated carbocycles. The lowest BCUT2D eigenvalue weighted by molar-refractivity contribution is 0.306. The third-order valence-corrected chi connectivity index (χ3v) is 2.88. The van der Waals surface area contributed by atoms with Gasteiger partial charge in [0.15, 0.2) is 0 Å². The summed E-state index contributed by atoms with van der Waals surface area (Å²) < 4.78 is 5.68. The first-order valence-corrected chi connectivity index (χ1v) is 6.18. The zero-order valence-corrected chi connectivity index (χ0v) is 11.2. The molecule has 0 atom stereocenters. The second-order valence-corrected chi connectivity index (χ2v) is 5.42. The lowest BCUT2D eigenvalue weighted by Gasteiger charge is -2.19. The fourth-order valence-electron chi connectivity index (χ4n) is 1.70. The van der Waals surface area contributed by atoms with E-state index in [-0.39, 0.29) is 5.41 Å². The summed E-state index contributed by atoms with van der Waals surface area (Å²) in [5.74, 6) is 0.852. The average Bonchev–Trinajstić information content (AvgIpc) is 2.37. The predicted molar refractivity (Wildman–Crippen MR) is 73.7 cm³/mol. The Morgan fingerprint density at radius 2 is 1.56 bits per heavy atom. The average molecular weight is 241 g/mol. The fraction of sp³-hybridized carbons (Fsp3) is 0.312. The van der Waals surface area contributed by atoms with Crippen molar-refractivity contribution in [3.63, 3.8) is 0 Å². The SMILES string of the molecule is CC(C)(C)c1ccc(COc2ccncc2)cc1. The van der Waals surface area contributed by atoms with Gasteiger partial charge in [-0.1, -0.05) is 45.0 Å². The molecule has 2 aromatic rings. The standard InChI is InChI=1S/C16H19NO/c1-16(2,3)14-6-4-13(5-7-14)12-18-15-8-10-17-11-9-15/h4-11H,12H2,1-3H3. The van der Waals surface area contributed by atoms with Crippen LogP contribution >= 0.6 is 0 Å². The molecule has 0 bridgehead atoms. The quantitative estimate of drug-likeness (QED) is 0.811. The van der Waals surface area contributed by atoms with Gasteiger partial charge in [-0.05, 0) is 28.7 Å². The van der Waals surface area contributed by atoms with Gasteiger partial charge in [0.25, 0.3) is 0 Å². The number of benzene rings is 1. The maximum Gasteiger partial charge on any atom is 0.122 e. The monoisotopic (exact) mass is 241 g/mol. The van der Waals surface area contributed by atoms with E-state index in [1.165, 1.54) is 11.1 Å². The topological polar surface area (TPSA) is 22.1 Å². The molecule has 0 unspecified atom stereocenters. The molecule has 1 aromatic heterocycles. The third-order valence-electron chi connectivity index (χ3n) is 2.88. The summed E-state index contributed by atoms with van der Waals surface area (Å²) in [6.07, 6.45) is 3.47. The van der Waals surface area contributed by atoms with Gasteiger partial charge in [0, 0.05) is 12.4 Å². The van der Waals surface area contributed by atoms with E-state index in [1.807, 2.05) is 12.1 Å². The Hall–Kier alpha value is -1.83. The van der Waals surface area contributed by atoms with E-state index in [0.29, 0.717) is 6.61 Å². The largest absolute Gasteiger partial charge is 0.489 e. The van der Waals surface area contributed by atoms with Crippen LogP contribution in [0, 0.1) is 0 Å². The number of nitrogens with zero attached hydrogens (tertiary/aromatic N) is 1. The summed E-state index contributed by atoms with van der Waals surface area (Å²) in [6.45, 7) is 7.24. The molecule has 0 amide bonds. The van der Waals surface area contributed by atoms with E-state index >= 15 is 0 Å². The van der Waals surface area contributed by atoms with Gasteiger partial charge in [0.2, 0.25) is 0 Å². The molecule has 0 aliphatic rings. The molecule has 94 valence electrons. The van der Waals surface area contributed by atoms with Crippen LogP contribution in [0.2, 0.25) is 0 Å². The number of ether oxygens (including phenoxy) is 1. The van der Waals surface area contributed by atoms with Gasteiger partial charge in [-0.2, -0.15) is 0 Å². The Kier molecular flexibility index (Phi) is 3.66. The summed E-state index contributed by atoms with van der Waals surface area (Å²) in [5.41, 5.74) is 2.72. The Morgan fingerprint density at radius 3 is 2.11 bits per heavy atom. The van der Waals surface area contributed by atoms with Crippen LogP contribution in [-0.4, -0.2) is 4.98 Å². The number of hydrogen-bond acceptors (Lipinski definition) is 2. The summed E-state index contributed by atoms with van der Waals surface area (Å²) in [6, 6.07) is 12.3. The van der Waals surface area contributed by atoms with Gasteiger partial charge in [0.05, 0.1) is 0 Å². The van der Waals surface area contributed by atoms with E-state index in [9.17, 15) is 0 Å². The minimum atomic E-state index is 0.199. The van der Waals surface area contributed by atoms with E-state index < -0.39 is 0 Å². The van der Waals surface area contributed by atoms with Crippen LogP contribution in [0.3, 0.4) is 0 Å². The van der Waals surface area contributed by atoms with Crippen LogP contribution in [-0.2, 0) is 12.0 Å². The molecule has 0 fully saturated rings. The molecule has 1 aromatic carbocycles. The lowest BCUT2D eigenvalue weighted by Crippen LogP contribution is -2.10. The van der Waals surface area contributed by atoms with Gasteiger partial charge < -0.3 is 4.74 Å². The van der Waals surface area contributed by atoms with Crippen molar-refractivity contribution < 1.29 is 4.74 Å². The second-order valence-electron chi connectivity index (χ2n) is 5.42. The highest BCUT2D eigenvalue weighted by molar-refractivity contribution is 5.27. The molecular weight excluding hydrogens is 222 g/mol. The van der Waals surface area contributed by atoms with Crippen LogP contribution in [0.15, 0.2) is 48.8 Å². The molecule has 0 aliphatic carbocycles. The second kappa shape index (κ2) is 5.21. The van der Waals surface area contributed by atoms with Crippen LogP contribution in [0.5, 0.6) is 5.75 Å². The zero-order valence-electron chi connectivity index (χ0n) is 11.2. The lowest BCUT2D eigenvalue weighted by atomic mass is 9.87. The van der Waals surface area contributed by atoms with Gasteiger partial charge in [-0.15, -0.1) is 0 Å². The molecule has 0 aliphatic heterocycles. The zero-order chi connectivity index (χ0) is 13.0. The molecule has 2 heteroatoms. The van der Waals surface area contributed by atoms with Crippen molar-refractivity contribution in [2.45, 2.75) is 32.8 Å². The Bertz CT molecular complexity index is 483. The van der Waals surface area contributed by atoms with Crippen molar-refractivity contribution in [2.75, 3.05) is 0 Å². The first-order valence-electron chi connectivity index (χ1n) is 6.18. The van der Waals surface area contributed by atoms with Gasteiger partial charge in [-0.3, -0.25) is 4.98 Å². The molecule has 2 nitrogen and oxygen atoms in total. The van der Waals surface area contributed by atoms with E-state index in [1.54, 1.807) is 12.4 Å². The number of hydrogen-bond donors (Lipinski definition) is 0. The summed E-state index contributed by atoms with van der Waals surface area (Å²) in [4.78, 5) is 3.96. The highest BCUT2D eigenvalue weighted by Crippen LogP contribution is 2.22. The third kappa shape index (κ3) is 3.33. The van der Waals surface area contributed by atoms with E-state index in [2.05, 4.69) is 50.0 Å². The van der Waals surface area contributed by atoms with Crippen molar-refractivity contribution >= 4 is 0 Å². The summed E-state index contributed by atoms with van der Waals surface area (Å²) >= 11 is 0. The van der Waals surface area contributed by atoms with Crippen LogP contribution in [0.25, 0.3) is 0 Å². The highest BCUT2D eigenvalue weighted by Gasteiger charge is 2.12. The molecule has 0 N–H and O–H groups in total. The van der Waals surface area contributed by atoms with Gasteiger partial charge in [-0.25, -0.2) is 0 Å². The van der Waals surface area contributed by atoms with E-state index in [0.717, 1.165) is 5.75 Å². The van der Waals surface area contributed by atoms with Gasteiger partial charge >= 0.3 is 0 Å².